The fourth-order valence-electron chi connectivity index (χ4n) is 1.87. The zero-order valence-electron chi connectivity index (χ0n) is 10.7. The molecule has 0 heterocycles. The minimum absolute atomic E-state index is 0.152. The first kappa shape index (κ1) is 14.1. The van der Waals surface area contributed by atoms with Crippen molar-refractivity contribution < 1.29 is 9.50 Å². The van der Waals surface area contributed by atoms with Crippen LogP contribution in [-0.4, -0.2) is 18.3 Å². The van der Waals surface area contributed by atoms with Gasteiger partial charge in [0, 0.05) is 13.2 Å². The molecule has 0 aliphatic heterocycles. The van der Waals surface area contributed by atoms with Gasteiger partial charge in [0.05, 0.1) is 0 Å². The summed E-state index contributed by atoms with van der Waals surface area (Å²) in [4.78, 5) is 0. The molecule has 1 aromatic rings. The maximum Gasteiger partial charge on any atom is 0.126 e. The lowest BCUT2D eigenvalue weighted by Crippen LogP contribution is -2.23. The second-order valence-corrected chi connectivity index (χ2v) is 4.50. The molecule has 17 heavy (non-hydrogen) atoms. The minimum atomic E-state index is -0.152. The lowest BCUT2D eigenvalue weighted by atomic mass is 10.0. The maximum absolute atomic E-state index is 13.1. The lowest BCUT2D eigenvalue weighted by molar-refractivity contribution is 0.251. The molecule has 1 atom stereocenters. The molecule has 0 amide bonds. The summed E-state index contributed by atoms with van der Waals surface area (Å²) < 4.78 is 13.1. The molecule has 0 aromatic heterocycles. The molecule has 0 fully saturated rings. The molecule has 0 spiro atoms. The quantitative estimate of drug-likeness (QED) is 0.766. The second-order valence-electron chi connectivity index (χ2n) is 4.50. The standard InChI is InChI=1S/C14H22FNO/c1-3-12(6-7-17)9-16-10-13-4-5-14(15)11(2)8-13/h4-5,8,12,16-17H,3,6-7,9-10H2,1-2H3. The van der Waals surface area contributed by atoms with Crippen molar-refractivity contribution >= 4 is 0 Å². The van der Waals surface area contributed by atoms with Crippen molar-refractivity contribution in [1.82, 2.24) is 5.32 Å². The molecular weight excluding hydrogens is 217 g/mol. The van der Waals surface area contributed by atoms with Crippen LogP contribution < -0.4 is 5.32 Å². The Morgan fingerprint density at radius 1 is 1.41 bits per heavy atom. The van der Waals surface area contributed by atoms with E-state index in [0.29, 0.717) is 11.5 Å². The zero-order valence-corrected chi connectivity index (χ0v) is 10.7. The number of hydrogen-bond donors (Lipinski definition) is 2. The van der Waals surface area contributed by atoms with Crippen LogP contribution in [0, 0.1) is 18.7 Å². The summed E-state index contributed by atoms with van der Waals surface area (Å²) in [5, 5.41) is 12.2. The van der Waals surface area contributed by atoms with Crippen molar-refractivity contribution in [2.45, 2.75) is 33.2 Å². The van der Waals surface area contributed by atoms with E-state index < -0.39 is 0 Å². The van der Waals surface area contributed by atoms with Crippen LogP contribution >= 0.6 is 0 Å². The van der Waals surface area contributed by atoms with E-state index in [1.54, 1.807) is 6.92 Å². The van der Waals surface area contributed by atoms with E-state index in [0.717, 1.165) is 31.5 Å². The average molecular weight is 239 g/mol. The van der Waals surface area contributed by atoms with Gasteiger partial charge in [-0.3, -0.25) is 0 Å². The largest absolute Gasteiger partial charge is 0.396 e. The zero-order chi connectivity index (χ0) is 12.7. The normalized spacial score (nSPS) is 12.7. The van der Waals surface area contributed by atoms with Crippen molar-refractivity contribution in [2.24, 2.45) is 5.92 Å². The molecule has 0 bridgehead atoms. The van der Waals surface area contributed by atoms with Crippen molar-refractivity contribution in [2.75, 3.05) is 13.2 Å². The predicted molar refractivity (Wildman–Crippen MR) is 68.3 cm³/mol. The first-order valence-electron chi connectivity index (χ1n) is 6.24. The number of halogens is 1. The Bertz CT molecular complexity index is 341. The Hall–Kier alpha value is -0.930. The molecular formula is C14H22FNO. The van der Waals surface area contributed by atoms with Crippen molar-refractivity contribution in [1.29, 1.82) is 0 Å². The highest BCUT2D eigenvalue weighted by molar-refractivity contribution is 5.23. The number of nitrogens with one attached hydrogen (secondary N) is 1. The summed E-state index contributed by atoms with van der Waals surface area (Å²) >= 11 is 0. The van der Waals surface area contributed by atoms with Gasteiger partial charge in [-0.2, -0.15) is 0 Å². The Labute approximate surface area is 103 Å². The van der Waals surface area contributed by atoms with Gasteiger partial charge in [0.1, 0.15) is 5.82 Å². The van der Waals surface area contributed by atoms with Crippen LogP contribution in [0.4, 0.5) is 4.39 Å². The second kappa shape index (κ2) is 7.41. The first-order chi connectivity index (χ1) is 8.17. The van der Waals surface area contributed by atoms with E-state index in [1.165, 1.54) is 6.07 Å². The van der Waals surface area contributed by atoms with Crippen LogP contribution in [0.1, 0.15) is 30.9 Å². The molecule has 1 unspecified atom stereocenters. The molecule has 0 aliphatic rings. The van der Waals surface area contributed by atoms with Crippen LogP contribution in [0.3, 0.4) is 0 Å². The smallest absolute Gasteiger partial charge is 0.126 e. The summed E-state index contributed by atoms with van der Waals surface area (Å²) in [6.07, 6.45) is 1.90. The highest BCUT2D eigenvalue weighted by Crippen LogP contribution is 2.10. The number of rotatable bonds is 7. The van der Waals surface area contributed by atoms with Gasteiger partial charge < -0.3 is 10.4 Å². The number of aliphatic hydroxyl groups excluding tert-OH is 1. The van der Waals surface area contributed by atoms with Crippen molar-refractivity contribution in [3.63, 3.8) is 0 Å². The summed E-state index contributed by atoms with van der Waals surface area (Å²) in [5.41, 5.74) is 1.79. The third-order valence-corrected chi connectivity index (χ3v) is 3.10. The van der Waals surface area contributed by atoms with Gasteiger partial charge in [0.15, 0.2) is 0 Å². The number of benzene rings is 1. The van der Waals surface area contributed by atoms with Crippen molar-refractivity contribution in [3.8, 4) is 0 Å². The third kappa shape index (κ3) is 4.84. The van der Waals surface area contributed by atoms with Gasteiger partial charge in [-0.25, -0.2) is 4.39 Å². The SMILES string of the molecule is CCC(CCO)CNCc1ccc(F)c(C)c1. The van der Waals surface area contributed by atoms with Crippen LogP contribution in [0.5, 0.6) is 0 Å². The van der Waals surface area contributed by atoms with Crippen LogP contribution in [0.25, 0.3) is 0 Å². The highest BCUT2D eigenvalue weighted by Gasteiger charge is 2.05. The molecule has 0 aliphatic carbocycles. The molecule has 3 heteroatoms. The van der Waals surface area contributed by atoms with Gasteiger partial charge in [-0.05, 0) is 43.0 Å². The van der Waals surface area contributed by atoms with E-state index in [2.05, 4.69) is 12.2 Å². The molecule has 0 saturated heterocycles. The first-order valence-corrected chi connectivity index (χ1v) is 6.24. The van der Waals surface area contributed by atoms with Gasteiger partial charge >= 0.3 is 0 Å². The van der Waals surface area contributed by atoms with Gasteiger partial charge in [0.25, 0.3) is 0 Å². The average Bonchev–Trinajstić information content (AvgIpc) is 2.32. The van der Waals surface area contributed by atoms with Crippen LogP contribution in [-0.2, 0) is 6.54 Å². The summed E-state index contributed by atoms with van der Waals surface area (Å²) in [7, 11) is 0. The van der Waals surface area contributed by atoms with E-state index in [1.807, 2.05) is 12.1 Å². The van der Waals surface area contributed by atoms with Crippen LogP contribution in [0.15, 0.2) is 18.2 Å². The summed E-state index contributed by atoms with van der Waals surface area (Å²) in [6, 6.07) is 5.19. The van der Waals surface area contributed by atoms with E-state index >= 15 is 0 Å². The Morgan fingerprint density at radius 3 is 2.76 bits per heavy atom. The molecule has 0 saturated carbocycles. The van der Waals surface area contributed by atoms with Gasteiger partial charge in [-0.1, -0.05) is 25.5 Å². The lowest BCUT2D eigenvalue weighted by Gasteiger charge is -2.14. The van der Waals surface area contributed by atoms with E-state index in [-0.39, 0.29) is 12.4 Å². The molecule has 2 nitrogen and oxygen atoms in total. The Morgan fingerprint density at radius 2 is 2.18 bits per heavy atom. The monoisotopic (exact) mass is 239 g/mol. The van der Waals surface area contributed by atoms with Crippen molar-refractivity contribution in [3.05, 3.63) is 35.1 Å². The van der Waals surface area contributed by atoms with E-state index in [4.69, 9.17) is 5.11 Å². The fraction of sp³-hybridized carbons (Fsp3) is 0.571. The molecule has 96 valence electrons. The van der Waals surface area contributed by atoms with Gasteiger partial charge in [0.2, 0.25) is 0 Å². The Kier molecular flexibility index (Phi) is 6.16. The molecule has 0 radical (unpaired) electrons. The third-order valence-electron chi connectivity index (χ3n) is 3.10. The predicted octanol–water partition coefficient (Wildman–Crippen LogP) is 2.63. The number of aliphatic hydroxyl groups is 1. The van der Waals surface area contributed by atoms with E-state index in [9.17, 15) is 4.39 Å². The fourth-order valence-corrected chi connectivity index (χ4v) is 1.87. The van der Waals surface area contributed by atoms with Crippen LogP contribution in [0.2, 0.25) is 0 Å². The maximum atomic E-state index is 13.1. The molecule has 2 N–H and O–H groups in total. The topological polar surface area (TPSA) is 32.3 Å². The minimum Gasteiger partial charge on any atom is -0.396 e. The molecule has 1 aromatic carbocycles. The number of hydrogen-bond acceptors (Lipinski definition) is 2. The summed E-state index contributed by atoms with van der Waals surface area (Å²) in [5.74, 6) is 0.363. The highest BCUT2D eigenvalue weighted by atomic mass is 19.1. The Balaban J connectivity index is 2.37. The molecule has 1 rings (SSSR count). The summed E-state index contributed by atoms with van der Waals surface area (Å²) in [6.45, 7) is 5.80. The van der Waals surface area contributed by atoms with Gasteiger partial charge in [-0.15, -0.1) is 0 Å². The number of aryl methyl sites for hydroxylation is 1.